The zero-order chi connectivity index (χ0) is 23.5. The van der Waals surface area contributed by atoms with Crippen LogP contribution in [0.25, 0.3) is 0 Å². The highest BCUT2D eigenvalue weighted by Crippen LogP contribution is 2.30. The lowest BCUT2D eigenvalue weighted by molar-refractivity contribution is -0.140. The Morgan fingerprint density at radius 1 is 1.12 bits per heavy atom. The summed E-state index contributed by atoms with van der Waals surface area (Å²) in [5.74, 6) is -1.28. The Kier molecular flexibility index (Phi) is 7.20. The van der Waals surface area contributed by atoms with Crippen molar-refractivity contribution in [2.45, 2.75) is 37.2 Å². The van der Waals surface area contributed by atoms with E-state index in [4.69, 9.17) is 11.6 Å². The number of carbonyl (C=O) groups excluding carboxylic acids is 3. The van der Waals surface area contributed by atoms with Crippen molar-refractivity contribution in [3.8, 4) is 0 Å². The van der Waals surface area contributed by atoms with Crippen molar-refractivity contribution in [2.75, 3.05) is 13.6 Å². The highest BCUT2D eigenvalue weighted by molar-refractivity contribution is 7.90. The molecule has 0 aliphatic carbocycles. The molecule has 3 rings (SSSR count). The van der Waals surface area contributed by atoms with E-state index in [1.165, 1.54) is 24.1 Å². The fraction of sp³-hybridized carbons (Fsp3) is 0.318. The third kappa shape index (κ3) is 4.63. The maximum Gasteiger partial charge on any atom is 0.269 e. The van der Waals surface area contributed by atoms with Gasteiger partial charge in [0.2, 0.25) is 11.8 Å². The zero-order valence-electron chi connectivity index (χ0n) is 17.7. The molecule has 0 radical (unpaired) electrons. The minimum atomic E-state index is -3.92. The second kappa shape index (κ2) is 9.70. The minimum Gasteiger partial charge on any atom is -0.357 e. The molecular weight excluding hydrogens is 454 g/mol. The Morgan fingerprint density at radius 3 is 2.44 bits per heavy atom. The predicted molar refractivity (Wildman–Crippen MR) is 119 cm³/mol. The van der Waals surface area contributed by atoms with E-state index in [1.807, 2.05) is 0 Å². The Morgan fingerprint density at radius 2 is 1.78 bits per heavy atom. The summed E-state index contributed by atoms with van der Waals surface area (Å²) < 4.78 is 26.1. The first-order valence-electron chi connectivity index (χ1n) is 10.1. The molecule has 1 heterocycles. The number of hydrogen-bond donors (Lipinski definition) is 1. The Balaban J connectivity index is 1.71. The van der Waals surface area contributed by atoms with Gasteiger partial charge in [-0.1, -0.05) is 41.9 Å². The van der Waals surface area contributed by atoms with Gasteiger partial charge in [0.05, 0.1) is 5.56 Å². The van der Waals surface area contributed by atoms with E-state index < -0.39 is 22.0 Å². The van der Waals surface area contributed by atoms with Gasteiger partial charge in [0.25, 0.3) is 15.9 Å². The minimum absolute atomic E-state index is 0.0232. The molecular formula is C22H24ClN3O5S. The van der Waals surface area contributed by atoms with Crippen LogP contribution >= 0.6 is 11.6 Å². The van der Waals surface area contributed by atoms with Crippen LogP contribution in [0.2, 0.25) is 5.02 Å². The smallest absolute Gasteiger partial charge is 0.269 e. The Hall–Kier alpha value is -2.91. The first-order chi connectivity index (χ1) is 15.2. The van der Waals surface area contributed by atoms with E-state index in [1.54, 1.807) is 43.3 Å². The second-order valence-corrected chi connectivity index (χ2v) is 9.62. The number of benzene rings is 2. The number of hydrogen-bond acceptors (Lipinski definition) is 5. The molecule has 10 heteroatoms. The van der Waals surface area contributed by atoms with Gasteiger partial charge in [-0.15, -0.1) is 0 Å². The summed E-state index contributed by atoms with van der Waals surface area (Å²) in [6.07, 6.45) is 0.0821. The van der Waals surface area contributed by atoms with E-state index in [0.717, 1.165) is 4.31 Å². The molecule has 0 unspecified atom stereocenters. The molecule has 2 aromatic carbocycles. The van der Waals surface area contributed by atoms with Crippen molar-refractivity contribution in [1.29, 1.82) is 0 Å². The molecule has 0 bridgehead atoms. The summed E-state index contributed by atoms with van der Waals surface area (Å²) in [6.45, 7) is 1.61. The van der Waals surface area contributed by atoms with Crippen LogP contribution in [0, 0.1) is 0 Å². The molecule has 32 heavy (non-hydrogen) atoms. The number of fused-ring (bicyclic) bond motifs is 1. The third-order valence-corrected chi connectivity index (χ3v) is 7.59. The third-order valence-electron chi connectivity index (χ3n) is 5.38. The van der Waals surface area contributed by atoms with Crippen LogP contribution in [0.15, 0.2) is 53.4 Å². The van der Waals surface area contributed by atoms with Gasteiger partial charge >= 0.3 is 0 Å². The molecule has 170 valence electrons. The van der Waals surface area contributed by atoms with Crippen molar-refractivity contribution in [3.63, 3.8) is 0 Å². The molecule has 1 N–H and O–H groups in total. The molecule has 0 saturated carbocycles. The number of amides is 3. The van der Waals surface area contributed by atoms with Crippen LogP contribution in [-0.2, 0) is 26.2 Å². The van der Waals surface area contributed by atoms with Crippen LogP contribution in [0.1, 0.15) is 35.7 Å². The fourth-order valence-corrected chi connectivity index (χ4v) is 5.37. The molecule has 0 fully saturated rings. The largest absolute Gasteiger partial charge is 0.357 e. The number of likely N-dealkylation sites (N-methyl/N-ethyl adjacent to an activating group) is 1. The van der Waals surface area contributed by atoms with Crippen molar-refractivity contribution in [2.24, 2.45) is 0 Å². The van der Waals surface area contributed by atoms with Crippen molar-refractivity contribution in [3.05, 3.63) is 64.7 Å². The Labute approximate surface area is 192 Å². The van der Waals surface area contributed by atoms with Gasteiger partial charge in [0.1, 0.15) is 10.9 Å². The van der Waals surface area contributed by atoms with Crippen molar-refractivity contribution < 1.29 is 22.8 Å². The molecule has 1 aliphatic heterocycles. The molecule has 1 atom stereocenters. The Bertz CT molecular complexity index is 1150. The first-order valence-corrected chi connectivity index (χ1v) is 11.9. The molecule has 1 aliphatic rings. The summed E-state index contributed by atoms with van der Waals surface area (Å²) in [5.41, 5.74) is 0.818. The lowest BCUT2D eigenvalue weighted by Gasteiger charge is -2.29. The lowest BCUT2D eigenvalue weighted by atomic mass is 10.1. The number of rotatable bonds is 8. The van der Waals surface area contributed by atoms with E-state index in [0.29, 0.717) is 10.6 Å². The van der Waals surface area contributed by atoms with Gasteiger partial charge < -0.3 is 10.2 Å². The van der Waals surface area contributed by atoms with Gasteiger partial charge in [-0.05, 0) is 37.1 Å². The van der Waals surface area contributed by atoms with Crippen LogP contribution in [0.5, 0.6) is 0 Å². The lowest BCUT2D eigenvalue weighted by Crippen LogP contribution is -2.46. The average Bonchev–Trinajstić information content (AvgIpc) is 2.98. The standard InChI is InChI=1S/C22H24ClN3O5S/c1-15(21(28)24-2)25(14-16-8-3-5-10-18(16)23)20(27)12-7-13-26-22(29)17-9-4-6-11-19(17)32(26,30)31/h3-6,8-11,15H,7,12-14H2,1-2H3,(H,24,28)/t15-/m1/s1. The maximum atomic E-state index is 13.0. The zero-order valence-corrected chi connectivity index (χ0v) is 19.3. The second-order valence-electron chi connectivity index (χ2n) is 7.39. The topological polar surface area (TPSA) is 104 Å². The summed E-state index contributed by atoms with van der Waals surface area (Å²) in [6, 6.07) is 12.3. The molecule has 3 amide bonds. The fourth-order valence-electron chi connectivity index (χ4n) is 3.57. The van der Waals surface area contributed by atoms with E-state index in [-0.39, 0.29) is 48.2 Å². The number of nitrogens with zero attached hydrogens (tertiary/aromatic N) is 2. The molecule has 2 aromatic rings. The monoisotopic (exact) mass is 477 g/mol. The van der Waals surface area contributed by atoms with Crippen LogP contribution < -0.4 is 5.32 Å². The van der Waals surface area contributed by atoms with Gasteiger partial charge in [-0.25, -0.2) is 12.7 Å². The quantitative estimate of drug-likeness (QED) is 0.628. The SMILES string of the molecule is CNC(=O)[C@@H](C)N(Cc1ccccc1Cl)C(=O)CCCN1C(=O)c2ccccc2S1(=O)=O. The van der Waals surface area contributed by atoms with E-state index >= 15 is 0 Å². The van der Waals surface area contributed by atoms with E-state index in [9.17, 15) is 22.8 Å². The van der Waals surface area contributed by atoms with Crippen LogP contribution in [-0.4, -0.2) is 55.0 Å². The van der Waals surface area contributed by atoms with Gasteiger partial charge in [-0.3, -0.25) is 14.4 Å². The maximum absolute atomic E-state index is 13.0. The molecule has 0 saturated heterocycles. The highest BCUT2D eigenvalue weighted by atomic mass is 35.5. The van der Waals surface area contributed by atoms with Crippen molar-refractivity contribution >= 4 is 39.3 Å². The molecule has 0 aromatic heterocycles. The van der Waals surface area contributed by atoms with Gasteiger partial charge in [0, 0.05) is 31.6 Å². The predicted octanol–water partition coefficient (Wildman–Crippen LogP) is 2.43. The summed E-state index contributed by atoms with van der Waals surface area (Å²) in [7, 11) is -2.44. The summed E-state index contributed by atoms with van der Waals surface area (Å²) >= 11 is 6.22. The summed E-state index contributed by atoms with van der Waals surface area (Å²) in [4.78, 5) is 39.1. The first kappa shape index (κ1) is 23.7. The van der Waals surface area contributed by atoms with E-state index in [2.05, 4.69) is 5.32 Å². The average molecular weight is 478 g/mol. The van der Waals surface area contributed by atoms with Crippen LogP contribution in [0.4, 0.5) is 0 Å². The normalized spacial score (nSPS) is 15.2. The summed E-state index contributed by atoms with van der Waals surface area (Å²) in [5, 5.41) is 3.00. The van der Waals surface area contributed by atoms with Gasteiger partial charge in [-0.2, -0.15) is 0 Å². The van der Waals surface area contributed by atoms with Crippen molar-refractivity contribution in [1.82, 2.24) is 14.5 Å². The highest BCUT2D eigenvalue weighted by Gasteiger charge is 2.40. The molecule has 0 spiro atoms. The number of halogens is 1. The number of carbonyl (C=O) groups is 3. The number of sulfonamides is 1. The van der Waals surface area contributed by atoms with Gasteiger partial charge in [0.15, 0.2) is 0 Å². The molecule has 8 nitrogen and oxygen atoms in total. The van der Waals surface area contributed by atoms with Crippen LogP contribution in [0.3, 0.4) is 0 Å². The number of nitrogens with one attached hydrogen (secondary N) is 1.